The van der Waals surface area contributed by atoms with Crippen LogP contribution in [0.2, 0.25) is 0 Å². The Labute approximate surface area is 192 Å². The number of hydrogen-bond donors (Lipinski definition) is 0. The van der Waals surface area contributed by atoms with Crippen molar-refractivity contribution in [2.45, 2.75) is 25.9 Å². The molecule has 0 aromatic carbocycles. The van der Waals surface area contributed by atoms with E-state index in [1.807, 2.05) is 42.5 Å². The summed E-state index contributed by atoms with van der Waals surface area (Å²) in [6, 6.07) is 5.88. The summed E-state index contributed by atoms with van der Waals surface area (Å²) in [7, 11) is 0. The standard InChI is InChI=1S/C21H17N5.2ClH.Co/c1-12-6-3-8-14-18(12)25-20(23-14)16-10-5-11-17(22-16)21-24-15-9-4-7-13(2)19(15)26-21;;;/h3-11,18-19H,1-2H3;2*1H;/q;;;+2/p-2. The van der Waals surface area contributed by atoms with Crippen LogP contribution in [0.1, 0.15) is 25.2 Å². The number of fused-ring (bicyclic) bond motifs is 2. The first-order chi connectivity index (χ1) is 12.7. The normalized spacial score (nSPS) is 23.0. The Bertz CT molecular complexity index is 995. The Morgan fingerprint density at radius 2 is 1.17 bits per heavy atom. The van der Waals surface area contributed by atoms with Gasteiger partial charge in [-0.2, -0.15) is 0 Å². The third kappa shape index (κ3) is 4.11. The van der Waals surface area contributed by atoms with Crippen molar-refractivity contribution in [1.29, 1.82) is 0 Å². The number of aliphatic imine (C=N–C) groups is 4. The fourth-order valence-electron chi connectivity index (χ4n) is 3.44. The minimum absolute atomic E-state index is 0. The molecule has 149 valence electrons. The van der Waals surface area contributed by atoms with Crippen LogP contribution in [-0.2, 0) is 16.8 Å². The molecule has 0 spiro atoms. The van der Waals surface area contributed by atoms with Crippen molar-refractivity contribution >= 4 is 23.1 Å². The van der Waals surface area contributed by atoms with Crippen molar-refractivity contribution < 1.29 is 41.6 Å². The average molecular weight is 469 g/mol. The zero-order chi connectivity index (χ0) is 17.7. The van der Waals surface area contributed by atoms with Gasteiger partial charge in [-0.05, 0) is 49.3 Å². The summed E-state index contributed by atoms with van der Waals surface area (Å²) in [5.41, 5.74) is 5.85. The molecule has 4 aliphatic rings. The molecule has 5 rings (SSSR count). The van der Waals surface area contributed by atoms with E-state index in [4.69, 9.17) is 15.0 Å². The van der Waals surface area contributed by atoms with Gasteiger partial charge in [0.1, 0.15) is 23.5 Å². The third-order valence-electron chi connectivity index (χ3n) is 4.86. The summed E-state index contributed by atoms with van der Waals surface area (Å²) in [5.74, 6) is 1.34. The molecule has 1 aromatic rings. The van der Waals surface area contributed by atoms with Crippen molar-refractivity contribution in [3.63, 3.8) is 0 Å². The number of halogens is 2. The zero-order valence-electron chi connectivity index (χ0n) is 15.7. The van der Waals surface area contributed by atoms with Crippen LogP contribution in [0, 0.1) is 0 Å². The molecule has 0 amide bonds. The molecule has 1 aromatic heterocycles. The van der Waals surface area contributed by atoms with Gasteiger partial charge in [0.2, 0.25) is 0 Å². The van der Waals surface area contributed by atoms with Crippen LogP contribution in [0.5, 0.6) is 0 Å². The monoisotopic (exact) mass is 468 g/mol. The fourth-order valence-corrected chi connectivity index (χ4v) is 3.44. The Morgan fingerprint density at radius 1 is 0.724 bits per heavy atom. The van der Waals surface area contributed by atoms with Gasteiger partial charge in [0, 0.05) is 0 Å². The second-order valence-corrected chi connectivity index (χ2v) is 6.73. The first-order valence-electron chi connectivity index (χ1n) is 8.69. The molecule has 2 aliphatic heterocycles. The molecular weight excluding hydrogens is 452 g/mol. The second kappa shape index (κ2) is 9.13. The summed E-state index contributed by atoms with van der Waals surface area (Å²) in [4.78, 5) is 23.6. The van der Waals surface area contributed by atoms with E-state index < -0.39 is 0 Å². The topological polar surface area (TPSA) is 62.3 Å². The van der Waals surface area contributed by atoms with E-state index in [0.717, 1.165) is 22.8 Å². The van der Waals surface area contributed by atoms with Crippen LogP contribution < -0.4 is 24.8 Å². The first kappa shape index (κ1) is 23.2. The maximum absolute atomic E-state index is 4.75. The van der Waals surface area contributed by atoms with Gasteiger partial charge in [0.05, 0.1) is 11.4 Å². The SMILES string of the molecule is CC1=CC=CC2=NC(c3cccc(C4=NC5C(C)=CC=CC5=N4)n3)=NC12.[Cl-].[Cl-].[Co+2]. The first-order valence-corrected chi connectivity index (χ1v) is 8.69. The smallest absolute Gasteiger partial charge is 1.00 e. The number of pyridine rings is 1. The number of rotatable bonds is 2. The number of hydrogen-bond acceptors (Lipinski definition) is 5. The molecule has 0 N–H and O–H groups in total. The predicted molar refractivity (Wildman–Crippen MR) is 106 cm³/mol. The molecule has 3 heterocycles. The molecule has 2 unspecified atom stereocenters. The maximum Gasteiger partial charge on any atom is 2.00 e. The fraction of sp³-hybridized carbons (Fsp3) is 0.190. The van der Waals surface area contributed by atoms with E-state index in [1.165, 1.54) is 11.1 Å². The maximum atomic E-state index is 4.75. The number of aromatic nitrogens is 1. The number of amidine groups is 2. The predicted octanol–water partition coefficient (Wildman–Crippen LogP) is -2.74. The zero-order valence-corrected chi connectivity index (χ0v) is 18.2. The van der Waals surface area contributed by atoms with Crippen LogP contribution in [0.25, 0.3) is 0 Å². The van der Waals surface area contributed by atoms with E-state index in [1.54, 1.807) is 0 Å². The Hall–Kier alpha value is -2.12. The Balaban J connectivity index is 0.000001000. The molecule has 0 bridgehead atoms. The molecular formula is C21H17Cl2CoN5. The van der Waals surface area contributed by atoms with Gasteiger partial charge < -0.3 is 24.8 Å². The van der Waals surface area contributed by atoms with E-state index >= 15 is 0 Å². The summed E-state index contributed by atoms with van der Waals surface area (Å²) in [6.07, 6.45) is 12.2. The van der Waals surface area contributed by atoms with Crippen molar-refractivity contribution in [2.24, 2.45) is 20.0 Å². The third-order valence-corrected chi connectivity index (χ3v) is 4.86. The molecule has 2 aliphatic carbocycles. The molecule has 8 heteroatoms. The molecule has 2 atom stereocenters. The summed E-state index contributed by atoms with van der Waals surface area (Å²) in [6.45, 7) is 4.16. The van der Waals surface area contributed by atoms with Gasteiger partial charge >= 0.3 is 16.8 Å². The van der Waals surface area contributed by atoms with Gasteiger partial charge in [0.25, 0.3) is 0 Å². The van der Waals surface area contributed by atoms with Gasteiger partial charge in [0.15, 0.2) is 11.7 Å². The molecule has 1 radical (unpaired) electrons. The second-order valence-electron chi connectivity index (χ2n) is 6.73. The van der Waals surface area contributed by atoms with Crippen molar-refractivity contribution in [1.82, 2.24) is 4.98 Å². The molecule has 5 nitrogen and oxygen atoms in total. The Kier molecular flexibility index (Phi) is 7.29. The van der Waals surface area contributed by atoms with Crippen LogP contribution in [-0.4, -0.2) is 40.2 Å². The molecule has 0 saturated carbocycles. The number of allylic oxidation sites excluding steroid dienone is 4. The Morgan fingerprint density at radius 3 is 1.59 bits per heavy atom. The minimum Gasteiger partial charge on any atom is -1.00 e. The molecule has 0 fully saturated rings. The summed E-state index contributed by atoms with van der Waals surface area (Å²) >= 11 is 0. The van der Waals surface area contributed by atoms with Crippen LogP contribution in [0.3, 0.4) is 0 Å². The van der Waals surface area contributed by atoms with Gasteiger partial charge in [-0.1, -0.05) is 30.4 Å². The van der Waals surface area contributed by atoms with Crippen molar-refractivity contribution in [2.75, 3.05) is 0 Å². The van der Waals surface area contributed by atoms with Crippen LogP contribution >= 0.6 is 0 Å². The summed E-state index contributed by atoms with van der Waals surface area (Å²) < 4.78 is 0. The van der Waals surface area contributed by atoms with E-state index in [2.05, 4.69) is 36.0 Å². The van der Waals surface area contributed by atoms with E-state index in [-0.39, 0.29) is 53.7 Å². The van der Waals surface area contributed by atoms with Gasteiger partial charge in [-0.25, -0.2) is 15.0 Å². The van der Waals surface area contributed by atoms with Crippen LogP contribution in [0.15, 0.2) is 85.8 Å². The summed E-state index contributed by atoms with van der Waals surface area (Å²) in [5, 5.41) is 0. The van der Waals surface area contributed by atoms with Crippen molar-refractivity contribution in [3.05, 3.63) is 77.2 Å². The van der Waals surface area contributed by atoms with E-state index in [9.17, 15) is 0 Å². The minimum atomic E-state index is 0. The van der Waals surface area contributed by atoms with E-state index in [0.29, 0.717) is 11.7 Å². The molecule has 0 saturated heterocycles. The van der Waals surface area contributed by atoms with Gasteiger partial charge in [-0.3, -0.25) is 9.98 Å². The average Bonchev–Trinajstić information content (AvgIpc) is 3.28. The largest absolute Gasteiger partial charge is 2.00 e. The molecule has 29 heavy (non-hydrogen) atoms. The van der Waals surface area contributed by atoms with Gasteiger partial charge in [-0.15, -0.1) is 0 Å². The number of nitrogens with zero attached hydrogens (tertiary/aromatic N) is 5. The quantitative estimate of drug-likeness (QED) is 0.464. The van der Waals surface area contributed by atoms with Crippen LogP contribution in [0.4, 0.5) is 0 Å². The van der Waals surface area contributed by atoms with Crippen molar-refractivity contribution in [3.8, 4) is 0 Å².